The first-order valence-corrected chi connectivity index (χ1v) is 6.75. The van der Waals surface area contributed by atoms with Gasteiger partial charge in [0, 0.05) is 12.6 Å². The number of benzene rings is 1. The van der Waals surface area contributed by atoms with Crippen LogP contribution in [0.25, 0.3) is 0 Å². The molecule has 112 valence electrons. The SMILES string of the molecule is NC1CCCN(Cc2ccc(OC(F)(F)F)cc2)CC1. The quantitative estimate of drug-likeness (QED) is 0.929. The fourth-order valence-corrected chi connectivity index (χ4v) is 2.39. The number of nitrogens with zero attached hydrogens (tertiary/aromatic N) is 1. The highest BCUT2D eigenvalue weighted by atomic mass is 19.4. The van der Waals surface area contributed by atoms with Gasteiger partial charge in [-0.25, -0.2) is 0 Å². The first-order valence-electron chi connectivity index (χ1n) is 6.75. The summed E-state index contributed by atoms with van der Waals surface area (Å²) in [6, 6.07) is 6.32. The highest BCUT2D eigenvalue weighted by Crippen LogP contribution is 2.23. The van der Waals surface area contributed by atoms with Crippen molar-refractivity contribution < 1.29 is 17.9 Å². The number of nitrogens with two attached hydrogens (primary N) is 1. The predicted molar refractivity (Wildman–Crippen MR) is 70.2 cm³/mol. The molecular weight excluding hydrogens is 269 g/mol. The van der Waals surface area contributed by atoms with E-state index in [4.69, 9.17) is 5.73 Å². The van der Waals surface area contributed by atoms with Gasteiger partial charge < -0.3 is 10.5 Å². The zero-order chi connectivity index (χ0) is 14.6. The van der Waals surface area contributed by atoms with E-state index in [0.717, 1.165) is 44.5 Å². The molecule has 1 aromatic carbocycles. The largest absolute Gasteiger partial charge is 0.573 e. The van der Waals surface area contributed by atoms with Crippen molar-refractivity contribution >= 4 is 0 Å². The van der Waals surface area contributed by atoms with E-state index in [2.05, 4.69) is 9.64 Å². The molecular formula is C14H19F3N2O. The molecule has 0 amide bonds. The molecule has 3 nitrogen and oxygen atoms in total. The summed E-state index contributed by atoms with van der Waals surface area (Å²) in [5.41, 5.74) is 6.90. The normalized spacial score (nSPS) is 21.5. The monoisotopic (exact) mass is 288 g/mol. The molecule has 2 N–H and O–H groups in total. The Morgan fingerprint density at radius 3 is 2.50 bits per heavy atom. The molecule has 0 spiro atoms. The number of hydrogen-bond acceptors (Lipinski definition) is 3. The Balaban J connectivity index is 1.90. The summed E-state index contributed by atoms with van der Waals surface area (Å²) in [7, 11) is 0. The summed E-state index contributed by atoms with van der Waals surface area (Å²) in [5.74, 6) is -0.181. The molecule has 1 atom stereocenters. The highest BCUT2D eigenvalue weighted by Gasteiger charge is 2.30. The van der Waals surface area contributed by atoms with E-state index in [1.807, 2.05) is 0 Å². The number of rotatable bonds is 3. The summed E-state index contributed by atoms with van der Waals surface area (Å²) < 4.78 is 40.0. The molecule has 0 aliphatic carbocycles. The van der Waals surface area contributed by atoms with Crippen molar-refractivity contribution in [2.45, 2.75) is 38.2 Å². The average Bonchev–Trinajstić information content (AvgIpc) is 2.55. The third-order valence-electron chi connectivity index (χ3n) is 3.43. The zero-order valence-corrected chi connectivity index (χ0v) is 11.2. The summed E-state index contributed by atoms with van der Waals surface area (Å²) in [5, 5.41) is 0. The number of alkyl halides is 3. The van der Waals surface area contributed by atoms with E-state index in [-0.39, 0.29) is 11.8 Å². The van der Waals surface area contributed by atoms with Crippen molar-refractivity contribution in [2.75, 3.05) is 13.1 Å². The molecule has 0 aromatic heterocycles. The predicted octanol–water partition coefficient (Wildman–Crippen LogP) is 2.90. The van der Waals surface area contributed by atoms with Crippen LogP contribution < -0.4 is 10.5 Å². The molecule has 1 aromatic rings. The maximum Gasteiger partial charge on any atom is 0.573 e. The van der Waals surface area contributed by atoms with E-state index in [9.17, 15) is 13.2 Å². The van der Waals surface area contributed by atoms with Crippen LogP contribution in [0.2, 0.25) is 0 Å². The Hall–Kier alpha value is -1.27. The van der Waals surface area contributed by atoms with Gasteiger partial charge in [0.1, 0.15) is 5.75 Å². The van der Waals surface area contributed by atoms with Gasteiger partial charge in [-0.05, 0) is 50.0 Å². The van der Waals surface area contributed by atoms with Gasteiger partial charge in [0.2, 0.25) is 0 Å². The van der Waals surface area contributed by atoms with Crippen molar-refractivity contribution in [3.8, 4) is 5.75 Å². The zero-order valence-electron chi connectivity index (χ0n) is 11.2. The number of likely N-dealkylation sites (tertiary alicyclic amines) is 1. The van der Waals surface area contributed by atoms with Gasteiger partial charge in [0.05, 0.1) is 0 Å². The van der Waals surface area contributed by atoms with Crippen LogP contribution in [0.15, 0.2) is 24.3 Å². The minimum Gasteiger partial charge on any atom is -0.406 e. The molecule has 0 saturated carbocycles. The van der Waals surface area contributed by atoms with Crippen LogP contribution in [0.3, 0.4) is 0 Å². The van der Waals surface area contributed by atoms with Crippen LogP contribution in [-0.2, 0) is 6.54 Å². The highest BCUT2D eigenvalue weighted by molar-refractivity contribution is 5.27. The van der Waals surface area contributed by atoms with E-state index in [1.54, 1.807) is 12.1 Å². The van der Waals surface area contributed by atoms with Gasteiger partial charge in [-0.3, -0.25) is 4.90 Å². The topological polar surface area (TPSA) is 38.5 Å². The number of halogens is 3. The summed E-state index contributed by atoms with van der Waals surface area (Å²) in [6.07, 6.45) is -1.57. The van der Waals surface area contributed by atoms with Crippen LogP contribution in [0.4, 0.5) is 13.2 Å². The van der Waals surface area contributed by atoms with Gasteiger partial charge in [0.15, 0.2) is 0 Å². The van der Waals surface area contributed by atoms with Crippen molar-refractivity contribution in [1.82, 2.24) is 4.90 Å². The lowest BCUT2D eigenvalue weighted by Crippen LogP contribution is -2.26. The number of ether oxygens (including phenoxy) is 1. The van der Waals surface area contributed by atoms with Crippen molar-refractivity contribution in [3.05, 3.63) is 29.8 Å². The van der Waals surface area contributed by atoms with Crippen molar-refractivity contribution in [2.24, 2.45) is 5.73 Å². The van der Waals surface area contributed by atoms with Crippen LogP contribution in [-0.4, -0.2) is 30.4 Å². The van der Waals surface area contributed by atoms with Gasteiger partial charge in [-0.2, -0.15) is 0 Å². The minimum atomic E-state index is -4.64. The van der Waals surface area contributed by atoms with E-state index in [0.29, 0.717) is 0 Å². The molecule has 2 rings (SSSR count). The maximum absolute atomic E-state index is 12.1. The second kappa shape index (κ2) is 6.45. The summed E-state index contributed by atoms with van der Waals surface area (Å²) in [4.78, 5) is 2.28. The molecule has 6 heteroatoms. The van der Waals surface area contributed by atoms with E-state index >= 15 is 0 Å². The lowest BCUT2D eigenvalue weighted by Gasteiger charge is -2.20. The van der Waals surface area contributed by atoms with Gasteiger partial charge >= 0.3 is 6.36 Å². The molecule has 1 aliphatic heterocycles. The Morgan fingerprint density at radius 2 is 1.85 bits per heavy atom. The Bertz CT molecular complexity index is 419. The molecule has 1 heterocycles. The fourth-order valence-electron chi connectivity index (χ4n) is 2.39. The molecule has 0 radical (unpaired) electrons. The summed E-state index contributed by atoms with van der Waals surface area (Å²) >= 11 is 0. The second-order valence-electron chi connectivity index (χ2n) is 5.16. The smallest absolute Gasteiger partial charge is 0.406 e. The number of hydrogen-bond donors (Lipinski definition) is 1. The van der Waals surface area contributed by atoms with E-state index < -0.39 is 6.36 Å². The van der Waals surface area contributed by atoms with E-state index in [1.165, 1.54) is 12.1 Å². The van der Waals surface area contributed by atoms with Crippen molar-refractivity contribution in [1.29, 1.82) is 0 Å². The lowest BCUT2D eigenvalue weighted by atomic mass is 10.1. The first kappa shape index (κ1) is 15.1. The summed E-state index contributed by atoms with van der Waals surface area (Å²) in [6.45, 7) is 2.65. The van der Waals surface area contributed by atoms with Crippen LogP contribution >= 0.6 is 0 Å². The van der Waals surface area contributed by atoms with Crippen LogP contribution in [0, 0.1) is 0 Å². The Labute approximate surface area is 116 Å². The minimum absolute atomic E-state index is 0.181. The Kier molecular flexibility index (Phi) is 4.88. The lowest BCUT2D eigenvalue weighted by molar-refractivity contribution is -0.274. The third-order valence-corrected chi connectivity index (χ3v) is 3.43. The molecule has 20 heavy (non-hydrogen) atoms. The fraction of sp³-hybridized carbons (Fsp3) is 0.571. The van der Waals surface area contributed by atoms with Gasteiger partial charge in [0.25, 0.3) is 0 Å². The van der Waals surface area contributed by atoms with Crippen molar-refractivity contribution in [3.63, 3.8) is 0 Å². The molecule has 0 bridgehead atoms. The molecule has 1 fully saturated rings. The maximum atomic E-state index is 12.1. The molecule has 1 aliphatic rings. The average molecular weight is 288 g/mol. The first-order chi connectivity index (χ1) is 9.42. The standard InChI is InChI=1S/C14H19F3N2O/c15-14(16,17)20-13-5-3-11(4-6-13)10-19-8-1-2-12(18)7-9-19/h3-6,12H,1-2,7-10,18H2. The third kappa shape index (κ3) is 5.02. The van der Waals surface area contributed by atoms with Crippen LogP contribution in [0.1, 0.15) is 24.8 Å². The van der Waals surface area contributed by atoms with Gasteiger partial charge in [-0.15, -0.1) is 13.2 Å². The Morgan fingerprint density at radius 1 is 1.15 bits per heavy atom. The molecule has 1 unspecified atom stereocenters. The molecule has 1 saturated heterocycles. The van der Waals surface area contributed by atoms with Crippen LogP contribution in [0.5, 0.6) is 5.75 Å². The second-order valence-corrected chi connectivity index (χ2v) is 5.16. The van der Waals surface area contributed by atoms with Gasteiger partial charge in [-0.1, -0.05) is 12.1 Å².